The fourth-order valence-corrected chi connectivity index (χ4v) is 7.74. The van der Waals surface area contributed by atoms with E-state index in [2.05, 4.69) is 20.9 Å². The van der Waals surface area contributed by atoms with Crippen molar-refractivity contribution >= 4 is 48.0 Å². The molecule has 0 radical (unpaired) electrons. The van der Waals surface area contributed by atoms with Gasteiger partial charge in [0.15, 0.2) is 0 Å². The molecule has 6 rings (SSSR count). The zero-order valence-corrected chi connectivity index (χ0v) is 31.2. The second-order valence-corrected chi connectivity index (χ2v) is 15.7. The molecular weight excluding hydrogens is 770 g/mol. The van der Waals surface area contributed by atoms with E-state index in [1.54, 1.807) is 0 Å². The molecule has 3 heterocycles. The summed E-state index contributed by atoms with van der Waals surface area (Å²) in [6, 6.07) is 17.0. The van der Waals surface area contributed by atoms with E-state index in [-0.39, 0.29) is 48.8 Å². The minimum atomic E-state index is -5.87. The first-order valence-electron chi connectivity index (χ1n) is 18.1. The van der Waals surface area contributed by atoms with Gasteiger partial charge < -0.3 is 41.4 Å². The second-order valence-electron chi connectivity index (χ2n) is 14.1. The van der Waals surface area contributed by atoms with Gasteiger partial charge in [-0.25, -0.2) is 0 Å². The highest BCUT2D eigenvalue weighted by Gasteiger charge is 2.50. The third-order valence-electron chi connectivity index (χ3n) is 10.2. The quantitative estimate of drug-likeness (QED) is 0.0777. The molecule has 57 heavy (non-hydrogen) atoms. The Hall–Kier alpha value is -5.55. The molecule has 4 atom stereocenters. The van der Waals surface area contributed by atoms with Gasteiger partial charge >= 0.3 is 13.3 Å². The van der Waals surface area contributed by atoms with Gasteiger partial charge in [0.2, 0.25) is 23.6 Å². The van der Waals surface area contributed by atoms with Crippen LogP contribution in [0.2, 0.25) is 0 Å². The number of rotatable bonds is 13. The number of hydrogen-bond acceptors (Lipinski definition) is 7. The van der Waals surface area contributed by atoms with Crippen LogP contribution in [-0.2, 0) is 29.4 Å². The smallest absolute Gasteiger partial charge is 0.370 e. The first-order valence-corrected chi connectivity index (χ1v) is 19.7. The van der Waals surface area contributed by atoms with Crippen LogP contribution in [0.4, 0.5) is 13.3 Å². The molecule has 302 valence electrons. The number of hydrogen-bond donors (Lipinski definition) is 7. The molecule has 2 aliphatic rings. The number of halogens is 3. The predicted molar refractivity (Wildman–Crippen MR) is 200 cm³/mol. The fourth-order valence-electron chi connectivity index (χ4n) is 7.26. The maximum atomic E-state index is 15.0. The van der Waals surface area contributed by atoms with Crippen LogP contribution in [0.25, 0.3) is 10.9 Å². The van der Waals surface area contributed by atoms with Gasteiger partial charge in [-0.05, 0) is 55.0 Å². The molecule has 0 saturated carbocycles. The van der Waals surface area contributed by atoms with E-state index in [1.165, 1.54) is 4.90 Å². The molecule has 0 spiro atoms. The molecule has 2 aliphatic heterocycles. The zero-order valence-electron chi connectivity index (χ0n) is 30.3. The number of primary amides is 1. The van der Waals surface area contributed by atoms with Gasteiger partial charge in [-0.2, -0.15) is 8.78 Å². The standard InChI is InChI=1S/C38H41F3N7O8P/c39-38(40,57(54,55)56)25-11-13-27-24(19-25)20-29(43-27)35(51)45-30-21-47(41)18-17-26-12-15-31(48(26)37(30)53)36(52)44-28(14-16-32(42)49)34(50)46-33(22-7-3-1-4-8-22)23-9-5-2-6-10-23/h1-11,13,19-20,26,28,30-31,33,43H,12,14-18,21H2,(H2,42,49)(H,44,52)(H,45,51)(H,46,50)(H2,54,55,56)/t26-,28+,30+,31+/m1/s1. The summed E-state index contributed by atoms with van der Waals surface area (Å²) in [6.07, 6.45) is 0.241. The lowest BCUT2D eigenvalue weighted by Gasteiger charge is -2.36. The number of nitrogens with two attached hydrogens (primary N) is 1. The van der Waals surface area contributed by atoms with Crippen LogP contribution in [0.15, 0.2) is 84.9 Å². The summed E-state index contributed by atoms with van der Waals surface area (Å²) in [5.41, 5.74) is 1.40. The fraction of sp³-hybridized carbons (Fsp3) is 0.342. The Morgan fingerprint density at radius 1 is 0.930 bits per heavy atom. The lowest BCUT2D eigenvalue weighted by molar-refractivity contribution is -0.146. The molecule has 15 nitrogen and oxygen atoms in total. The van der Waals surface area contributed by atoms with Crippen molar-refractivity contribution in [2.45, 2.75) is 68.0 Å². The Kier molecular flexibility index (Phi) is 12.2. The van der Waals surface area contributed by atoms with Crippen molar-refractivity contribution in [3.05, 3.63) is 107 Å². The number of fused-ring (bicyclic) bond motifs is 2. The number of aromatic nitrogens is 1. The van der Waals surface area contributed by atoms with Crippen molar-refractivity contribution in [2.24, 2.45) is 5.73 Å². The molecule has 0 aliphatic carbocycles. The number of alkyl halides is 2. The van der Waals surface area contributed by atoms with Crippen LogP contribution in [0.3, 0.4) is 0 Å². The number of aromatic amines is 1. The monoisotopic (exact) mass is 811 g/mol. The summed E-state index contributed by atoms with van der Waals surface area (Å²) in [4.78, 5) is 89.6. The largest absolute Gasteiger partial charge is 0.399 e. The predicted octanol–water partition coefficient (Wildman–Crippen LogP) is 3.10. The third kappa shape index (κ3) is 9.20. The van der Waals surface area contributed by atoms with Crippen molar-refractivity contribution < 1.29 is 51.6 Å². The summed E-state index contributed by atoms with van der Waals surface area (Å²) in [7, 11) is -5.87. The molecule has 8 N–H and O–H groups in total. The Labute approximate surface area is 324 Å². The number of H-pyrrole nitrogens is 1. The van der Waals surface area contributed by atoms with Crippen molar-refractivity contribution in [3.63, 3.8) is 0 Å². The van der Waals surface area contributed by atoms with E-state index in [4.69, 9.17) is 15.5 Å². The molecule has 4 aromatic rings. The maximum Gasteiger partial charge on any atom is 0.399 e. The molecule has 0 bridgehead atoms. The highest BCUT2D eigenvalue weighted by Crippen LogP contribution is 2.59. The summed E-state index contributed by atoms with van der Waals surface area (Å²) >= 11 is 0. The number of carbonyl (C=O) groups excluding carboxylic acids is 5. The van der Waals surface area contributed by atoms with Gasteiger partial charge in [-0.1, -0.05) is 66.7 Å². The topological polar surface area (TPSA) is 227 Å². The van der Waals surface area contributed by atoms with Gasteiger partial charge in [0.05, 0.1) is 12.6 Å². The summed E-state index contributed by atoms with van der Waals surface area (Å²) < 4.78 is 55.1. The van der Waals surface area contributed by atoms with E-state index in [0.29, 0.717) is 11.5 Å². The van der Waals surface area contributed by atoms with Crippen LogP contribution >= 0.6 is 7.60 Å². The van der Waals surface area contributed by atoms with Crippen LogP contribution in [0, 0.1) is 0 Å². The van der Waals surface area contributed by atoms with Crippen LogP contribution in [-0.4, -0.2) is 91.6 Å². The Morgan fingerprint density at radius 3 is 2.19 bits per heavy atom. The van der Waals surface area contributed by atoms with Crippen molar-refractivity contribution in [2.75, 3.05) is 13.1 Å². The van der Waals surface area contributed by atoms with Gasteiger partial charge in [0.1, 0.15) is 23.8 Å². The van der Waals surface area contributed by atoms with Gasteiger partial charge in [0.25, 0.3) is 5.91 Å². The van der Waals surface area contributed by atoms with E-state index in [9.17, 15) is 37.3 Å². The van der Waals surface area contributed by atoms with E-state index in [1.807, 2.05) is 60.7 Å². The normalized spacial score (nSPS) is 19.7. The van der Waals surface area contributed by atoms with Crippen LogP contribution < -0.4 is 21.7 Å². The van der Waals surface area contributed by atoms with Crippen LogP contribution in [0.5, 0.6) is 0 Å². The molecular formula is C38H41F3N7O8P. The summed E-state index contributed by atoms with van der Waals surface area (Å²) in [5, 5.41) is 8.53. The molecule has 1 aromatic heterocycles. The van der Waals surface area contributed by atoms with E-state index < -0.39 is 85.1 Å². The highest BCUT2D eigenvalue weighted by molar-refractivity contribution is 7.52. The Bertz CT molecular complexity index is 2150. The lowest BCUT2D eigenvalue weighted by atomic mass is 9.98. The van der Waals surface area contributed by atoms with E-state index >= 15 is 4.48 Å². The number of nitrogens with one attached hydrogen (secondary N) is 4. The Morgan fingerprint density at radius 2 is 1.58 bits per heavy atom. The number of nitrogens with zero attached hydrogens (tertiary/aromatic N) is 2. The molecule has 2 fully saturated rings. The van der Waals surface area contributed by atoms with Crippen molar-refractivity contribution in [1.29, 1.82) is 0 Å². The summed E-state index contributed by atoms with van der Waals surface area (Å²) in [6.45, 7) is -0.729. The Balaban J connectivity index is 1.20. The van der Waals surface area contributed by atoms with Gasteiger partial charge in [-0.3, -0.25) is 28.5 Å². The van der Waals surface area contributed by atoms with Crippen molar-refractivity contribution in [3.8, 4) is 0 Å². The van der Waals surface area contributed by atoms with Crippen molar-refractivity contribution in [1.82, 2.24) is 31.0 Å². The number of amides is 5. The zero-order chi connectivity index (χ0) is 41.1. The highest BCUT2D eigenvalue weighted by atomic mass is 31.2. The number of benzene rings is 3. The molecule has 5 amide bonds. The first-order chi connectivity index (χ1) is 27.0. The van der Waals surface area contributed by atoms with E-state index in [0.717, 1.165) is 35.4 Å². The number of carbonyl (C=O) groups is 5. The molecule has 3 aromatic carbocycles. The lowest BCUT2D eigenvalue weighted by Crippen LogP contribution is -2.61. The molecule has 19 heteroatoms. The van der Waals surface area contributed by atoms with Gasteiger partial charge in [0, 0.05) is 35.5 Å². The molecule has 0 unspecified atom stereocenters. The minimum absolute atomic E-state index is 0.00649. The SMILES string of the molecule is NC(=O)CC[C@H](NC(=O)[C@@H]1CC[C@@H]2CCN(F)C[C@H](NC(=O)c3cc4cc(C(F)(F)P(=O)(O)O)ccc4[nH]3)C(=O)N21)C(=O)NC(c1ccccc1)c1ccccc1. The average molecular weight is 812 g/mol. The maximum absolute atomic E-state index is 15.0. The first kappa shape index (κ1) is 41.1. The minimum Gasteiger partial charge on any atom is -0.370 e. The molecule has 2 saturated heterocycles. The summed E-state index contributed by atoms with van der Waals surface area (Å²) in [5.74, 6) is -3.71. The average Bonchev–Trinajstić information content (AvgIpc) is 3.81. The van der Waals surface area contributed by atoms with Crippen LogP contribution in [0.1, 0.15) is 65.3 Å². The third-order valence-corrected chi connectivity index (χ3v) is 11.2. The second kappa shape index (κ2) is 16.9. The van der Waals surface area contributed by atoms with Gasteiger partial charge in [-0.15, -0.1) is 9.60 Å².